The van der Waals surface area contributed by atoms with E-state index in [0.717, 1.165) is 16.1 Å². The van der Waals surface area contributed by atoms with Crippen LogP contribution in [0, 0.1) is 6.92 Å². The highest BCUT2D eigenvalue weighted by atomic mass is 32.2. The van der Waals surface area contributed by atoms with Gasteiger partial charge in [0.05, 0.1) is 23.7 Å². The molecule has 1 amide bonds. The third-order valence-electron chi connectivity index (χ3n) is 4.51. The van der Waals surface area contributed by atoms with Crippen LogP contribution in [0.3, 0.4) is 0 Å². The molecule has 0 aliphatic rings. The molecule has 0 aliphatic carbocycles. The largest absolute Gasteiger partial charge is 0.423 e. The van der Waals surface area contributed by atoms with E-state index in [0.29, 0.717) is 22.6 Å². The molecule has 0 fully saturated rings. The molecule has 170 valence electrons. The summed E-state index contributed by atoms with van der Waals surface area (Å²) >= 11 is 0. The second kappa shape index (κ2) is 10.6. The number of sulfonamides is 1. The van der Waals surface area contributed by atoms with E-state index in [9.17, 15) is 18.0 Å². The van der Waals surface area contributed by atoms with Crippen LogP contribution in [0.15, 0.2) is 84.0 Å². The van der Waals surface area contributed by atoms with E-state index in [2.05, 4.69) is 10.5 Å². The minimum atomic E-state index is -3.66. The van der Waals surface area contributed by atoms with E-state index in [1.807, 2.05) is 13.0 Å². The van der Waals surface area contributed by atoms with Crippen molar-refractivity contribution in [3.8, 4) is 5.75 Å². The summed E-state index contributed by atoms with van der Waals surface area (Å²) in [5.74, 6) is -0.689. The van der Waals surface area contributed by atoms with Gasteiger partial charge in [0.1, 0.15) is 12.3 Å². The Kier molecular flexibility index (Phi) is 7.57. The highest BCUT2D eigenvalue weighted by Crippen LogP contribution is 2.18. The average Bonchev–Trinajstić information content (AvgIpc) is 2.79. The lowest BCUT2D eigenvalue weighted by Crippen LogP contribution is -2.39. The van der Waals surface area contributed by atoms with Gasteiger partial charge in [-0.15, -0.1) is 0 Å². The summed E-state index contributed by atoms with van der Waals surface area (Å²) in [6.45, 7) is 1.48. The maximum Gasteiger partial charge on any atom is 0.343 e. The molecule has 33 heavy (non-hydrogen) atoms. The van der Waals surface area contributed by atoms with E-state index in [1.165, 1.54) is 6.21 Å². The molecule has 3 rings (SSSR count). The SMILES string of the molecule is Cc1ccc(N(CC(=O)N/N=C\c2ccc(OC(=O)c3ccccc3)cc2)S(C)(=O)=O)cc1. The fourth-order valence-electron chi connectivity index (χ4n) is 2.82. The van der Waals surface area contributed by atoms with Gasteiger partial charge in [0.15, 0.2) is 0 Å². The number of esters is 1. The van der Waals surface area contributed by atoms with Gasteiger partial charge in [-0.25, -0.2) is 18.6 Å². The van der Waals surface area contributed by atoms with Crippen molar-refractivity contribution in [3.63, 3.8) is 0 Å². The predicted octanol–water partition coefficient (Wildman–Crippen LogP) is 3.13. The van der Waals surface area contributed by atoms with E-state index in [4.69, 9.17) is 4.74 Å². The van der Waals surface area contributed by atoms with Gasteiger partial charge in [0, 0.05) is 0 Å². The number of rotatable bonds is 8. The van der Waals surface area contributed by atoms with Crippen LogP contribution < -0.4 is 14.5 Å². The Labute approximate surface area is 192 Å². The molecule has 0 heterocycles. The summed E-state index contributed by atoms with van der Waals surface area (Å²) in [7, 11) is -3.66. The maximum atomic E-state index is 12.3. The number of amides is 1. The van der Waals surface area contributed by atoms with E-state index in [1.54, 1.807) is 72.8 Å². The highest BCUT2D eigenvalue weighted by Gasteiger charge is 2.20. The number of anilines is 1. The number of nitrogens with zero attached hydrogens (tertiary/aromatic N) is 2. The number of hydrogen-bond donors (Lipinski definition) is 1. The molecule has 0 saturated carbocycles. The van der Waals surface area contributed by atoms with Crippen LogP contribution in [0.4, 0.5) is 5.69 Å². The molecule has 0 aliphatic heterocycles. The van der Waals surface area contributed by atoms with Crippen molar-refractivity contribution in [3.05, 3.63) is 95.6 Å². The molecule has 0 unspecified atom stereocenters. The molecule has 0 radical (unpaired) electrons. The summed E-state index contributed by atoms with van der Waals surface area (Å²) in [5.41, 5.74) is 4.78. The Bertz CT molecular complexity index is 1240. The zero-order valence-electron chi connectivity index (χ0n) is 18.1. The minimum absolute atomic E-state index is 0.368. The van der Waals surface area contributed by atoms with Gasteiger partial charge >= 0.3 is 5.97 Å². The predicted molar refractivity (Wildman–Crippen MR) is 127 cm³/mol. The normalized spacial score (nSPS) is 11.2. The first-order valence-corrected chi connectivity index (χ1v) is 11.8. The van der Waals surface area contributed by atoms with Gasteiger partial charge in [0.2, 0.25) is 10.0 Å². The lowest BCUT2D eigenvalue weighted by atomic mass is 10.2. The van der Waals surface area contributed by atoms with Crippen molar-refractivity contribution in [2.24, 2.45) is 5.10 Å². The maximum absolute atomic E-state index is 12.3. The number of ether oxygens (including phenoxy) is 1. The van der Waals surface area contributed by atoms with Crippen LogP contribution in [0.1, 0.15) is 21.5 Å². The lowest BCUT2D eigenvalue weighted by Gasteiger charge is -2.21. The second-order valence-corrected chi connectivity index (χ2v) is 9.13. The van der Waals surface area contributed by atoms with E-state index < -0.39 is 28.4 Å². The second-order valence-electron chi connectivity index (χ2n) is 7.22. The Morgan fingerprint density at radius 3 is 2.21 bits per heavy atom. The van der Waals surface area contributed by atoms with Crippen molar-refractivity contribution in [2.45, 2.75) is 6.92 Å². The van der Waals surface area contributed by atoms with Gasteiger partial charge in [-0.05, 0) is 61.0 Å². The molecule has 0 aromatic heterocycles. The van der Waals surface area contributed by atoms with Gasteiger partial charge in [0.25, 0.3) is 5.91 Å². The zero-order valence-corrected chi connectivity index (χ0v) is 19.0. The zero-order chi connectivity index (χ0) is 23.8. The number of carbonyl (C=O) groups excluding carboxylic acids is 2. The summed E-state index contributed by atoms with van der Waals surface area (Å²) in [6, 6.07) is 22.0. The van der Waals surface area contributed by atoms with Crippen molar-refractivity contribution in [1.29, 1.82) is 0 Å². The van der Waals surface area contributed by atoms with Gasteiger partial charge < -0.3 is 4.74 Å². The molecule has 8 nitrogen and oxygen atoms in total. The third-order valence-corrected chi connectivity index (χ3v) is 5.65. The lowest BCUT2D eigenvalue weighted by molar-refractivity contribution is -0.119. The monoisotopic (exact) mass is 465 g/mol. The fourth-order valence-corrected chi connectivity index (χ4v) is 3.67. The number of nitrogens with one attached hydrogen (secondary N) is 1. The van der Waals surface area contributed by atoms with Crippen LogP contribution in [-0.4, -0.2) is 39.3 Å². The number of hydrazone groups is 1. The molecular formula is C24H23N3O5S. The van der Waals surface area contributed by atoms with Crippen molar-refractivity contribution in [1.82, 2.24) is 5.43 Å². The first kappa shape index (κ1) is 23.7. The summed E-state index contributed by atoms with van der Waals surface area (Å²) in [6.07, 6.45) is 2.44. The Morgan fingerprint density at radius 2 is 1.61 bits per heavy atom. The summed E-state index contributed by atoms with van der Waals surface area (Å²) in [4.78, 5) is 24.3. The van der Waals surface area contributed by atoms with Crippen LogP contribution in [0.25, 0.3) is 0 Å². The quantitative estimate of drug-likeness (QED) is 0.238. The average molecular weight is 466 g/mol. The highest BCUT2D eigenvalue weighted by molar-refractivity contribution is 7.92. The molecule has 3 aromatic rings. The summed E-state index contributed by atoms with van der Waals surface area (Å²) in [5, 5.41) is 3.87. The van der Waals surface area contributed by atoms with Crippen molar-refractivity contribution < 1.29 is 22.7 Å². The van der Waals surface area contributed by atoms with Crippen LogP contribution in [0.5, 0.6) is 5.75 Å². The Hall–Kier alpha value is -3.98. The van der Waals surface area contributed by atoms with Crippen LogP contribution in [0.2, 0.25) is 0 Å². The first-order chi connectivity index (χ1) is 15.7. The summed E-state index contributed by atoms with van der Waals surface area (Å²) < 4.78 is 30.6. The number of carbonyl (C=O) groups is 2. The van der Waals surface area contributed by atoms with E-state index in [-0.39, 0.29) is 0 Å². The molecule has 9 heteroatoms. The molecule has 1 N–H and O–H groups in total. The minimum Gasteiger partial charge on any atom is -0.423 e. The van der Waals surface area contributed by atoms with Crippen LogP contribution >= 0.6 is 0 Å². The topological polar surface area (TPSA) is 105 Å². The fraction of sp³-hybridized carbons (Fsp3) is 0.125. The van der Waals surface area contributed by atoms with Gasteiger partial charge in [-0.2, -0.15) is 5.10 Å². The molecular weight excluding hydrogens is 442 g/mol. The molecule has 0 spiro atoms. The van der Waals surface area contributed by atoms with Crippen molar-refractivity contribution >= 4 is 33.8 Å². The third kappa shape index (κ3) is 7.01. The molecule has 3 aromatic carbocycles. The van der Waals surface area contributed by atoms with Crippen molar-refractivity contribution in [2.75, 3.05) is 17.1 Å². The number of hydrogen-bond acceptors (Lipinski definition) is 6. The van der Waals surface area contributed by atoms with E-state index >= 15 is 0 Å². The molecule has 0 atom stereocenters. The first-order valence-electron chi connectivity index (χ1n) is 9.96. The number of benzene rings is 3. The smallest absolute Gasteiger partial charge is 0.343 e. The molecule has 0 bridgehead atoms. The standard InChI is InChI=1S/C24H23N3O5S/c1-18-8-12-21(13-9-18)27(33(2,30)31)17-23(28)26-25-16-19-10-14-22(15-11-19)32-24(29)20-6-4-3-5-7-20/h3-16H,17H2,1-2H3,(H,26,28)/b25-16-. The van der Waals surface area contributed by atoms with Gasteiger partial charge in [-0.3, -0.25) is 9.10 Å². The van der Waals surface area contributed by atoms with Gasteiger partial charge in [-0.1, -0.05) is 35.9 Å². The van der Waals surface area contributed by atoms with Crippen LogP contribution in [-0.2, 0) is 14.8 Å². The Balaban J connectivity index is 1.57. The molecule has 0 saturated heterocycles. The Morgan fingerprint density at radius 1 is 0.970 bits per heavy atom. The number of aryl methyl sites for hydroxylation is 1.